The first-order valence-corrected chi connectivity index (χ1v) is 8.48. The lowest BCUT2D eigenvalue weighted by atomic mass is 10.2. The molecule has 118 valence electrons. The summed E-state index contributed by atoms with van der Waals surface area (Å²) in [5.41, 5.74) is 1.54. The Labute approximate surface area is 127 Å². The van der Waals surface area contributed by atoms with E-state index in [1.54, 1.807) is 18.6 Å². The zero-order chi connectivity index (χ0) is 15.7. The number of ether oxygens (including phenoxy) is 1. The van der Waals surface area contributed by atoms with E-state index in [4.69, 9.17) is 4.74 Å². The summed E-state index contributed by atoms with van der Waals surface area (Å²) < 4.78 is 44.5. The van der Waals surface area contributed by atoms with Gasteiger partial charge in [-0.15, -0.1) is 0 Å². The SMILES string of the molecule is CS(=O)(=O)Nc1cc(F)c2c(c1)N(Cc1cnc[nH]1)CCO2. The van der Waals surface area contributed by atoms with Gasteiger partial charge in [0.15, 0.2) is 11.6 Å². The average molecular weight is 326 g/mol. The molecule has 1 aromatic carbocycles. The van der Waals surface area contributed by atoms with Crippen molar-refractivity contribution in [1.82, 2.24) is 9.97 Å². The fourth-order valence-electron chi connectivity index (χ4n) is 2.35. The van der Waals surface area contributed by atoms with E-state index in [1.807, 2.05) is 4.90 Å². The molecule has 0 saturated heterocycles. The molecule has 2 aromatic rings. The lowest BCUT2D eigenvalue weighted by Gasteiger charge is -2.31. The summed E-state index contributed by atoms with van der Waals surface area (Å²) in [5.74, 6) is -0.470. The summed E-state index contributed by atoms with van der Waals surface area (Å²) in [6, 6.07) is 2.68. The van der Waals surface area contributed by atoms with Crippen LogP contribution in [0.15, 0.2) is 24.7 Å². The Kier molecular flexibility index (Phi) is 3.65. The summed E-state index contributed by atoms with van der Waals surface area (Å²) in [6.07, 6.45) is 4.27. The van der Waals surface area contributed by atoms with E-state index in [2.05, 4.69) is 14.7 Å². The quantitative estimate of drug-likeness (QED) is 0.885. The van der Waals surface area contributed by atoms with Crippen molar-refractivity contribution in [1.29, 1.82) is 0 Å². The zero-order valence-electron chi connectivity index (χ0n) is 11.8. The molecule has 1 aliphatic heterocycles. The van der Waals surface area contributed by atoms with Crippen LogP contribution in [0.25, 0.3) is 0 Å². The summed E-state index contributed by atoms with van der Waals surface area (Å²) >= 11 is 0. The van der Waals surface area contributed by atoms with Crippen LogP contribution in [0.1, 0.15) is 5.69 Å². The molecule has 0 bridgehead atoms. The monoisotopic (exact) mass is 326 g/mol. The van der Waals surface area contributed by atoms with E-state index in [-0.39, 0.29) is 11.4 Å². The van der Waals surface area contributed by atoms with E-state index in [0.717, 1.165) is 18.0 Å². The van der Waals surface area contributed by atoms with Gasteiger partial charge in [0.25, 0.3) is 0 Å². The number of nitrogens with one attached hydrogen (secondary N) is 2. The number of rotatable bonds is 4. The van der Waals surface area contributed by atoms with Crippen molar-refractivity contribution in [2.45, 2.75) is 6.54 Å². The van der Waals surface area contributed by atoms with Crippen LogP contribution in [0, 0.1) is 5.82 Å². The Morgan fingerprint density at radius 2 is 2.32 bits per heavy atom. The molecule has 0 amide bonds. The first-order valence-electron chi connectivity index (χ1n) is 6.59. The van der Waals surface area contributed by atoms with Gasteiger partial charge in [-0.3, -0.25) is 4.72 Å². The molecule has 22 heavy (non-hydrogen) atoms. The van der Waals surface area contributed by atoms with Gasteiger partial charge in [-0.25, -0.2) is 17.8 Å². The summed E-state index contributed by atoms with van der Waals surface area (Å²) in [4.78, 5) is 8.84. The minimum atomic E-state index is -3.48. The maximum Gasteiger partial charge on any atom is 0.229 e. The third-order valence-electron chi connectivity index (χ3n) is 3.19. The number of H-pyrrole nitrogens is 1. The maximum atomic E-state index is 14.2. The molecule has 0 fully saturated rings. The van der Waals surface area contributed by atoms with Crippen LogP contribution in [0.3, 0.4) is 0 Å². The predicted octanol–water partition coefficient (Wildman–Crippen LogP) is 1.32. The van der Waals surface area contributed by atoms with Crippen molar-refractivity contribution < 1.29 is 17.5 Å². The normalized spacial score (nSPS) is 14.4. The Bertz CT molecular complexity index is 777. The predicted molar refractivity (Wildman–Crippen MR) is 80.0 cm³/mol. The van der Waals surface area contributed by atoms with Gasteiger partial charge in [-0.05, 0) is 6.07 Å². The number of hydrogen-bond acceptors (Lipinski definition) is 5. The Hall–Kier alpha value is -2.29. The van der Waals surface area contributed by atoms with Crippen LogP contribution < -0.4 is 14.4 Å². The minimum absolute atomic E-state index is 0.129. The van der Waals surface area contributed by atoms with Gasteiger partial charge in [-0.1, -0.05) is 0 Å². The lowest BCUT2D eigenvalue weighted by Crippen LogP contribution is -2.33. The first kappa shape index (κ1) is 14.6. The second kappa shape index (κ2) is 5.48. The van der Waals surface area contributed by atoms with Crippen molar-refractivity contribution in [2.75, 3.05) is 29.0 Å². The third-order valence-corrected chi connectivity index (χ3v) is 3.80. The molecule has 0 aliphatic carbocycles. The van der Waals surface area contributed by atoms with Crippen molar-refractivity contribution >= 4 is 21.4 Å². The standard InChI is InChI=1S/C13H15FN4O3S/c1-22(19,20)17-9-4-11(14)13-12(5-9)18(2-3-21-13)7-10-6-15-8-16-10/h4-6,8,17H,2-3,7H2,1H3,(H,15,16). The molecule has 0 atom stereocenters. The minimum Gasteiger partial charge on any atom is -0.486 e. The van der Waals surface area contributed by atoms with E-state index < -0.39 is 15.8 Å². The molecular weight excluding hydrogens is 311 g/mol. The number of aromatic amines is 1. The van der Waals surface area contributed by atoms with E-state index in [0.29, 0.717) is 25.4 Å². The van der Waals surface area contributed by atoms with E-state index in [9.17, 15) is 12.8 Å². The number of hydrogen-bond donors (Lipinski definition) is 2. The Morgan fingerprint density at radius 3 is 3.00 bits per heavy atom. The van der Waals surface area contributed by atoms with Gasteiger partial charge < -0.3 is 14.6 Å². The molecule has 2 N–H and O–H groups in total. The first-order chi connectivity index (χ1) is 10.4. The highest BCUT2D eigenvalue weighted by atomic mass is 32.2. The molecule has 0 spiro atoms. The second-order valence-corrected chi connectivity index (χ2v) is 6.78. The smallest absolute Gasteiger partial charge is 0.229 e. The highest BCUT2D eigenvalue weighted by Crippen LogP contribution is 2.37. The second-order valence-electron chi connectivity index (χ2n) is 5.03. The highest BCUT2D eigenvalue weighted by molar-refractivity contribution is 7.92. The fourth-order valence-corrected chi connectivity index (χ4v) is 2.90. The Balaban J connectivity index is 1.96. The van der Waals surface area contributed by atoms with Gasteiger partial charge in [0.05, 0.1) is 42.7 Å². The number of sulfonamides is 1. The average Bonchev–Trinajstić information content (AvgIpc) is 2.91. The maximum absolute atomic E-state index is 14.2. The van der Waals surface area contributed by atoms with Crippen LogP contribution in [-0.4, -0.2) is 37.8 Å². The van der Waals surface area contributed by atoms with Gasteiger partial charge in [0.1, 0.15) is 6.61 Å². The number of nitrogens with zero attached hydrogens (tertiary/aromatic N) is 2. The van der Waals surface area contributed by atoms with Gasteiger partial charge in [0.2, 0.25) is 10.0 Å². The largest absolute Gasteiger partial charge is 0.486 e. The lowest BCUT2D eigenvalue weighted by molar-refractivity contribution is 0.291. The highest BCUT2D eigenvalue weighted by Gasteiger charge is 2.23. The number of benzene rings is 1. The summed E-state index contributed by atoms with van der Waals surface area (Å²) in [7, 11) is -3.48. The van der Waals surface area contributed by atoms with Crippen molar-refractivity contribution in [2.24, 2.45) is 0 Å². The van der Waals surface area contributed by atoms with Crippen molar-refractivity contribution in [3.63, 3.8) is 0 Å². The summed E-state index contributed by atoms with van der Waals surface area (Å²) in [5, 5.41) is 0. The molecule has 9 heteroatoms. The van der Waals surface area contributed by atoms with Crippen LogP contribution >= 0.6 is 0 Å². The number of aromatic nitrogens is 2. The number of halogens is 1. The molecule has 0 unspecified atom stereocenters. The molecule has 2 heterocycles. The summed E-state index contributed by atoms with van der Waals surface area (Å²) in [6.45, 7) is 1.42. The molecule has 0 saturated carbocycles. The van der Waals surface area contributed by atoms with E-state index in [1.165, 1.54) is 0 Å². The molecule has 0 radical (unpaired) electrons. The van der Waals surface area contributed by atoms with Crippen LogP contribution in [0.5, 0.6) is 5.75 Å². The van der Waals surface area contributed by atoms with Crippen molar-refractivity contribution in [3.8, 4) is 5.75 Å². The van der Waals surface area contributed by atoms with E-state index >= 15 is 0 Å². The van der Waals surface area contributed by atoms with Crippen LogP contribution in [-0.2, 0) is 16.6 Å². The zero-order valence-corrected chi connectivity index (χ0v) is 12.7. The molecule has 3 rings (SSSR count). The Morgan fingerprint density at radius 1 is 1.50 bits per heavy atom. The molecule has 7 nitrogen and oxygen atoms in total. The van der Waals surface area contributed by atoms with Gasteiger partial charge >= 0.3 is 0 Å². The number of imidazole rings is 1. The fraction of sp³-hybridized carbons (Fsp3) is 0.308. The number of anilines is 2. The van der Waals surface area contributed by atoms with Gasteiger partial charge in [0, 0.05) is 12.3 Å². The molecule has 1 aromatic heterocycles. The van der Waals surface area contributed by atoms with Crippen molar-refractivity contribution in [3.05, 3.63) is 36.2 Å². The third kappa shape index (κ3) is 3.14. The van der Waals surface area contributed by atoms with Crippen LogP contribution in [0.4, 0.5) is 15.8 Å². The van der Waals surface area contributed by atoms with Crippen LogP contribution in [0.2, 0.25) is 0 Å². The molecular formula is C13H15FN4O3S. The topological polar surface area (TPSA) is 87.3 Å². The molecule has 1 aliphatic rings. The van der Waals surface area contributed by atoms with Gasteiger partial charge in [-0.2, -0.15) is 0 Å². The number of fused-ring (bicyclic) bond motifs is 1.